The topological polar surface area (TPSA) is 55.5 Å². The Balaban J connectivity index is 3.14. The third kappa shape index (κ3) is 2.11. The summed E-state index contributed by atoms with van der Waals surface area (Å²) in [6, 6.07) is 3.19. The van der Waals surface area contributed by atoms with E-state index in [1.807, 2.05) is 6.92 Å². The van der Waals surface area contributed by atoms with Crippen LogP contribution in [0.3, 0.4) is 0 Å². The molecule has 0 bridgehead atoms. The minimum atomic E-state index is 0.0900. The average molecular weight is 216 g/mol. The van der Waals surface area contributed by atoms with Crippen LogP contribution in [0.2, 0.25) is 5.02 Å². The molecule has 0 saturated heterocycles. The van der Waals surface area contributed by atoms with Gasteiger partial charge >= 0.3 is 0 Å². The van der Waals surface area contributed by atoms with Crippen molar-refractivity contribution in [1.82, 2.24) is 0 Å². The second kappa shape index (κ2) is 4.53. The van der Waals surface area contributed by atoms with Crippen molar-refractivity contribution in [3.8, 4) is 11.5 Å². The van der Waals surface area contributed by atoms with E-state index in [1.165, 1.54) is 7.11 Å². The standard InChI is InChI=1S/C10H14ClNO2/c1-6(5-12)7-3-9(13)10(14-2)4-8(7)11/h3-4,6,13H,5,12H2,1-2H3. The van der Waals surface area contributed by atoms with E-state index in [4.69, 9.17) is 22.1 Å². The van der Waals surface area contributed by atoms with Gasteiger partial charge in [-0.05, 0) is 24.1 Å². The lowest BCUT2D eigenvalue weighted by molar-refractivity contribution is 0.373. The van der Waals surface area contributed by atoms with E-state index in [-0.39, 0.29) is 11.7 Å². The van der Waals surface area contributed by atoms with Crippen molar-refractivity contribution in [3.63, 3.8) is 0 Å². The molecule has 1 rings (SSSR count). The number of phenols is 1. The smallest absolute Gasteiger partial charge is 0.161 e. The molecule has 0 spiro atoms. The average Bonchev–Trinajstić information content (AvgIpc) is 2.19. The van der Waals surface area contributed by atoms with Gasteiger partial charge in [0.1, 0.15) is 0 Å². The zero-order chi connectivity index (χ0) is 10.7. The molecule has 0 amide bonds. The molecule has 3 N–H and O–H groups in total. The molecule has 0 saturated carbocycles. The number of hydrogen-bond donors (Lipinski definition) is 2. The summed E-state index contributed by atoms with van der Waals surface area (Å²) in [5.74, 6) is 0.592. The summed E-state index contributed by atoms with van der Waals surface area (Å²) in [5, 5.41) is 10.1. The van der Waals surface area contributed by atoms with Crippen molar-refractivity contribution in [1.29, 1.82) is 0 Å². The number of aromatic hydroxyl groups is 1. The van der Waals surface area contributed by atoms with Crippen LogP contribution in [0, 0.1) is 0 Å². The van der Waals surface area contributed by atoms with Crippen LogP contribution < -0.4 is 10.5 Å². The first-order chi connectivity index (χ1) is 6.60. The Kier molecular flexibility index (Phi) is 3.61. The molecule has 0 heterocycles. The van der Waals surface area contributed by atoms with Gasteiger partial charge in [-0.3, -0.25) is 0 Å². The molecular weight excluding hydrogens is 202 g/mol. The van der Waals surface area contributed by atoms with Gasteiger partial charge in [0.15, 0.2) is 11.5 Å². The largest absolute Gasteiger partial charge is 0.504 e. The molecule has 1 aromatic rings. The maximum absolute atomic E-state index is 9.54. The number of phenolic OH excluding ortho intramolecular Hbond substituents is 1. The van der Waals surface area contributed by atoms with Crippen LogP contribution in [-0.4, -0.2) is 18.8 Å². The molecule has 0 aliphatic carbocycles. The number of halogens is 1. The molecular formula is C10H14ClNO2. The summed E-state index contributed by atoms with van der Waals surface area (Å²) in [5.41, 5.74) is 6.36. The van der Waals surface area contributed by atoms with E-state index in [2.05, 4.69) is 0 Å². The maximum Gasteiger partial charge on any atom is 0.161 e. The summed E-state index contributed by atoms with van der Waals surface area (Å²) in [6.45, 7) is 2.44. The lowest BCUT2D eigenvalue weighted by Gasteiger charge is -2.13. The van der Waals surface area contributed by atoms with Crippen molar-refractivity contribution in [2.24, 2.45) is 5.73 Å². The van der Waals surface area contributed by atoms with E-state index in [1.54, 1.807) is 12.1 Å². The van der Waals surface area contributed by atoms with Gasteiger partial charge in [0, 0.05) is 11.1 Å². The van der Waals surface area contributed by atoms with Gasteiger partial charge in [0.25, 0.3) is 0 Å². The Bertz CT molecular complexity index is 328. The fraction of sp³-hybridized carbons (Fsp3) is 0.400. The summed E-state index contributed by atoms with van der Waals surface area (Å²) >= 11 is 6.01. The highest BCUT2D eigenvalue weighted by Crippen LogP contribution is 2.35. The molecule has 1 aromatic carbocycles. The summed E-state index contributed by atoms with van der Waals surface area (Å²) in [7, 11) is 1.48. The lowest BCUT2D eigenvalue weighted by Crippen LogP contribution is -2.09. The first-order valence-electron chi connectivity index (χ1n) is 4.36. The molecule has 0 aliphatic heterocycles. The van der Waals surface area contributed by atoms with Crippen molar-refractivity contribution >= 4 is 11.6 Å². The number of ether oxygens (including phenoxy) is 1. The van der Waals surface area contributed by atoms with Crippen molar-refractivity contribution in [3.05, 3.63) is 22.7 Å². The van der Waals surface area contributed by atoms with E-state index in [9.17, 15) is 5.11 Å². The van der Waals surface area contributed by atoms with E-state index < -0.39 is 0 Å². The summed E-state index contributed by atoms with van der Waals surface area (Å²) in [6.07, 6.45) is 0. The molecule has 0 radical (unpaired) electrons. The van der Waals surface area contributed by atoms with E-state index in [0.29, 0.717) is 17.3 Å². The molecule has 0 fully saturated rings. The predicted molar refractivity (Wildman–Crippen MR) is 57.1 cm³/mol. The molecule has 0 aromatic heterocycles. The third-order valence-corrected chi connectivity index (χ3v) is 2.51. The van der Waals surface area contributed by atoms with E-state index in [0.717, 1.165) is 5.56 Å². The first kappa shape index (κ1) is 11.1. The Morgan fingerprint density at radius 1 is 1.57 bits per heavy atom. The molecule has 3 nitrogen and oxygen atoms in total. The van der Waals surface area contributed by atoms with Gasteiger partial charge in [-0.1, -0.05) is 18.5 Å². The fourth-order valence-electron chi connectivity index (χ4n) is 1.23. The SMILES string of the molecule is COc1cc(Cl)c(C(C)CN)cc1O. The molecule has 1 atom stereocenters. The zero-order valence-electron chi connectivity index (χ0n) is 8.25. The van der Waals surface area contributed by atoms with Crippen molar-refractivity contribution < 1.29 is 9.84 Å². The highest BCUT2D eigenvalue weighted by Gasteiger charge is 2.12. The first-order valence-corrected chi connectivity index (χ1v) is 4.74. The van der Waals surface area contributed by atoms with Gasteiger partial charge in [0.05, 0.1) is 7.11 Å². The van der Waals surface area contributed by atoms with Crippen LogP contribution in [0.1, 0.15) is 18.4 Å². The summed E-state index contributed by atoms with van der Waals surface area (Å²) < 4.78 is 4.93. The normalized spacial score (nSPS) is 12.6. The predicted octanol–water partition coefficient (Wildman–Crippen LogP) is 2.12. The van der Waals surface area contributed by atoms with Crippen LogP contribution in [0.25, 0.3) is 0 Å². The van der Waals surface area contributed by atoms with Crippen LogP contribution in [0.5, 0.6) is 11.5 Å². The molecule has 0 aliphatic rings. The third-order valence-electron chi connectivity index (χ3n) is 2.18. The number of rotatable bonds is 3. The molecule has 78 valence electrons. The maximum atomic E-state index is 9.54. The second-order valence-corrected chi connectivity index (χ2v) is 3.59. The van der Waals surface area contributed by atoms with Gasteiger partial charge in [-0.2, -0.15) is 0 Å². The van der Waals surface area contributed by atoms with Gasteiger partial charge in [-0.25, -0.2) is 0 Å². The molecule has 14 heavy (non-hydrogen) atoms. The van der Waals surface area contributed by atoms with Crippen LogP contribution in [-0.2, 0) is 0 Å². The minimum absolute atomic E-state index is 0.0900. The van der Waals surface area contributed by atoms with Gasteiger partial charge < -0.3 is 15.6 Å². The Hall–Kier alpha value is -0.930. The van der Waals surface area contributed by atoms with Gasteiger partial charge in [0.2, 0.25) is 0 Å². The zero-order valence-corrected chi connectivity index (χ0v) is 9.01. The quantitative estimate of drug-likeness (QED) is 0.812. The Morgan fingerprint density at radius 2 is 2.21 bits per heavy atom. The second-order valence-electron chi connectivity index (χ2n) is 3.18. The highest BCUT2D eigenvalue weighted by molar-refractivity contribution is 6.31. The summed E-state index contributed by atoms with van der Waals surface area (Å²) in [4.78, 5) is 0. The molecule has 4 heteroatoms. The lowest BCUT2D eigenvalue weighted by atomic mass is 10.0. The minimum Gasteiger partial charge on any atom is -0.504 e. The van der Waals surface area contributed by atoms with Crippen molar-refractivity contribution in [2.45, 2.75) is 12.8 Å². The monoisotopic (exact) mass is 215 g/mol. The fourth-order valence-corrected chi connectivity index (χ4v) is 1.57. The van der Waals surface area contributed by atoms with Crippen molar-refractivity contribution in [2.75, 3.05) is 13.7 Å². The van der Waals surface area contributed by atoms with Crippen LogP contribution in [0.15, 0.2) is 12.1 Å². The number of benzene rings is 1. The number of nitrogens with two attached hydrogens (primary N) is 1. The highest BCUT2D eigenvalue weighted by atomic mass is 35.5. The Labute approximate surface area is 88.4 Å². The van der Waals surface area contributed by atoms with E-state index >= 15 is 0 Å². The molecule has 1 unspecified atom stereocenters. The number of hydrogen-bond acceptors (Lipinski definition) is 3. The van der Waals surface area contributed by atoms with Gasteiger partial charge in [-0.15, -0.1) is 0 Å². The number of methoxy groups -OCH3 is 1. The Morgan fingerprint density at radius 3 is 2.71 bits per heavy atom. The van der Waals surface area contributed by atoms with Crippen LogP contribution >= 0.6 is 11.6 Å². The van der Waals surface area contributed by atoms with Crippen LogP contribution in [0.4, 0.5) is 0 Å².